The van der Waals surface area contributed by atoms with Gasteiger partial charge in [0.25, 0.3) is 0 Å². The number of hydrogen-bond acceptors (Lipinski definition) is 5. The van der Waals surface area contributed by atoms with Crippen LogP contribution in [0, 0.1) is 41.4 Å². The second-order valence-corrected chi connectivity index (χ2v) is 18.1. The molecule has 5 N–H and O–H groups in total. The van der Waals surface area contributed by atoms with Gasteiger partial charge in [-0.15, -0.1) is 0 Å². The molecule has 0 saturated carbocycles. The van der Waals surface area contributed by atoms with E-state index in [4.69, 9.17) is 0 Å². The molecule has 0 radical (unpaired) electrons. The molecule has 0 aromatic rings. The van der Waals surface area contributed by atoms with E-state index in [0.29, 0.717) is 47.5 Å². The fraction of sp³-hybridized carbons (Fsp3) is 0.694. The van der Waals surface area contributed by atoms with Crippen molar-refractivity contribution < 1.29 is 4.79 Å². The normalized spacial score (nSPS) is 19.5. The molecular weight excluding hydrogens is 689 g/mol. The van der Waals surface area contributed by atoms with E-state index < -0.39 is 0 Å². The van der Waals surface area contributed by atoms with Crippen molar-refractivity contribution in [2.45, 2.75) is 163 Å². The fourth-order valence-corrected chi connectivity index (χ4v) is 7.36. The van der Waals surface area contributed by atoms with Gasteiger partial charge in [-0.25, -0.2) is 4.79 Å². The van der Waals surface area contributed by atoms with E-state index in [9.17, 15) is 4.79 Å². The molecule has 2 amide bonds. The Bertz CT molecular complexity index is 1370. The second kappa shape index (κ2) is 26.7. The van der Waals surface area contributed by atoms with Gasteiger partial charge in [-0.2, -0.15) is 0 Å². The summed E-state index contributed by atoms with van der Waals surface area (Å²) in [7, 11) is 0. The minimum absolute atomic E-state index is 0. The highest BCUT2D eigenvalue weighted by atomic mass is 16.2. The van der Waals surface area contributed by atoms with Crippen molar-refractivity contribution in [1.29, 1.82) is 0 Å². The number of carbonyl (C=O) groups is 1. The Morgan fingerprint density at radius 1 is 0.625 bits per heavy atom. The first-order valence-corrected chi connectivity index (χ1v) is 21.7. The van der Waals surface area contributed by atoms with Crippen LogP contribution in [-0.4, -0.2) is 42.8 Å². The number of rotatable bonds is 8. The van der Waals surface area contributed by atoms with Crippen LogP contribution < -0.4 is 26.6 Å². The number of amides is 2. The standard InChI is InChI=1S/C13H23N.C13H21N.C12H21N.C10H21N3O.CH4/c2*1-9(2)12-8-6-7-11(5)14-13(12)10(3)4;1-9(2)11-7-5-6-8-13-12(11)10(3)4;1-7(2)9-12-10(14)11-5-6-13(9)8(3)4;/h9-10,14H,5-8H2,1-4H3;6,8-10,14H,5,7H2,1-4H3;5,7,9-10,13H,6,8H2,1-4H3;7-9H,5-6H2,1-4H3,(H2,11,12,14);1H4. The van der Waals surface area contributed by atoms with Crippen LogP contribution in [-0.2, 0) is 0 Å². The molecule has 4 aliphatic heterocycles. The SMILES string of the molecule is C.C=C1CC=CC(C(C)C)=C(C(C)C)N1.C=C1CCCC(C(C)C)=C(C(C)C)N1.CC(C)C1=C(C(C)C)NCCC=C1.CC(C)C1NC(=O)NCCN1C(C)C. The Morgan fingerprint density at radius 2 is 1.16 bits per heavy atom. The molecule has 0 aliphatic carbocycles. The van der Waals surface area contributed by atoms with Crippen molar-refractivity contribution in [2.24, 2.45) is 41.4 Å². The van der Waals surface area contributed by atoms with Crippen LogP contribution in [0.15, 0.2) is 82.7 Å². The zero-order chi connectivity index (χ0) is 42.0. The van der Waals surface area contributed by atoms with Gasteiger partial charge in [-0.1, -0.05) is 142 Å². The molecule has 0 aromatic heterocycles. The lowest BCUT2D eigenvalue weighted by Gasteiger charge is -2.35. The number of urea groups is 1. The van der Waals surface area contributed by atoms with Gasteiger partial charge in [0.15, 0.2) is 0 Å². The highest BCUT2D eigenvalue weighted by Crippen LogP contribution is 2.29. The van der Waals surface area contributed by atoms with Crippen molar-refractivity contribution in [3.05, 3.63) is 82.7 Å². The van der Waals surface area contributed by atoms with Gasteiger partial charge in [0.2, 0.25) is 0 Å². The molecule has 0 aromatic carbocycles. The van der Waals surface area contributed by atoms with Gasteiger partial charge in [-0.05, 0) is 97.7 Å². The number of hydrogen-bond donors (Lipinski definition) is 5. The van der Waals surface area contributed by atoms with Crippen molar-refractivity contribution >= 4 is 6.03 Å². The summed E-state index contributed by atoms with van der Waals surface area (Å²) in [5, 5.41) is 16.3. The van der Waals surface area contributed by atoms with Crippen molar-refractivity contribution in [3.63, 3.8) is 0 Å². The van der Waals surface area contributed by atoms with Crippen LogP contribution in [0.1, 0.15) is 150 Å². The Hall–Kier alpha value is -3.19. The maximum Gasteiger partial charge on any atom is 0.316 e. The molecule has 0 bridgehead atoms. The summed E-state index contributed by atoms with van der Waals surface area (Å²) in [6.07, 6.45) is 14.8. The minimum atomic E-state index is -0.0492. The first-order chi connectivity index (χ1) is 25.7. The predicted molar refractivity (Wildman–Crippen MR) is 248 cm³/mol. The van der Waals surface area contributed by atoms with Crippen molar-refractivity contribution in [3.8, 4) is 0 Å². The molecular formula is C49H90N6O. The van der Waals surface area contributed by atoms with Crippen LogP contribution in [0.5, 0.6) is 0 Å². The van der Waals surface area contributed by atoms with Gasteiger partial charge >= 0.3 is 6.03 Å². The molecule has 1 fully saturated rings. The summed E-state index contributed by atoms with van der Waals surface area (Å²) in [6.45, 7) is 46.4. The monoisotopic (exact) mass is 779 g/mol. The van der Waals surface area contributed by atoms with Gasteiger partial charge in [0.1, 0.15) is 0 Å². The van der Waals surface area contributed by atoms with Crippen LogP contribution >= 0.6 is 0 Å². The Labute approximate surface area is 347 Å². The first kappa shape index (κ1) is 52.8. The summed E-state index contributed by atoms with van der Waals surface area (Å²) in [5.74, 6) is 4.02. The Kier molecular flexibility index (Phi) is 25.2. The van der Waals surface area contributed by atoms with E-state index in [1.165, 1.54) is 46.8 Å². The molecule has 0 spiro atoms. The first-order valence-electron chi connectivity index (χ1n) is 21.7. The van der Waals surface area contributed by atoms with Crippen LogP contribution in [0.3, 0.4) is 0 Å². The van der Waals surface area contributed by atoms with E-state index in [-0.39, 0.29) is 19.6 Å². The number of allylic oxidation sites excluding steroid dienone is 10. The molecule has 7 heteroatoms. The third-order valence-corrected chi connectivity index (χ3v) is 10.4. The maximum absolute atomic E-state index is 11.3. The van der Waals surface area contributed by atoms with E-state index in [1.54, 1.807) is 5.57 Å². The van der Waals surface area contributed by atoms with Crippen LogP contribution in [0.25, 0.3) is 0 Å². The predicted octanol–water partition coefficient (Wildman–Crippen LogP) is 12.2. The largest absolute Gasteiger partial charge is 0.388 e. The van der Waals surface area contributed by atoms with E-state index in [0.717, 1.165) is 44.6 Å². The van der Waals surface area contributed by atoms with Gasteiger partial charge in [-0.3, -0.25) is 4.90 Å². The Morgan fingerprint density at radius 3 is 1.66 bits per heavy atom. The average Bonchev–Trinajstić information content (AvgIpc) is 3.62. The molecule has 1 unspecified atom stereocenters. The molecule has 4 heterocycles. The van der Waals surface area contributed by atoms with Crippen LogP contribution in [0.4, 0.5) is 4.79 Å². The molecule has 1 saturated heterocycles. The topological polar surface area (TPSA) is 80.5 Å². The van der Waals surface area contributed by atoms with E-state index in [2.05, 4.69) is 180 Å². The third kappa shape index (κ3) is 18.4. The maximum atomic E-state index is 11.3. The Balaban J connectivity index is 0.000000716. The average molecular weight is 779 g/mol. The zero-order valence-electron chi connectivity index (χ0n) is 38.4. The second-order valence-electron chi connectivity index (χ2n) is 18.1. The lowest BCUT2D eigenvalue weighted by atomic mass is 9.92. The lowest BCUT2D eigenvalue weighted by molar-refractivity contribution is 0.111. The fourth-order valence-electron chi connectivity index (χ4n) is 7.36. The molecule has 7 nitrogen and oxygen atoms in total. The quantitative estimate of drug-likeness (QED) is 0.170. The van der Waals surface area contributed by atoms with Crippen molar-refractivity contribution in [1.82, 2.24) is 31.5 Å². The molecule has 1 atom stereocenters. The summed E-state index contributed by atoms with van der Waals surface area (Å²) in [5.41, 5.74) is 11.0. The molecule has 4 rings (SSSR count). The van der Waals surface area contributed by atoms with Gasteiger partial charge in [0.05, 0.1) is 6.17 Å². The zero-order valence-corrected chi connectivity index (χ0v) is 38.4. The highest BCUT2D eigenvalue weighted by molar-refractivity contribution is 5.74. The summed E-state index contributed by atoms with van der Waals surface area (Å²) in [4.78, 5) is 13.6. The van der Waals surface area contributed by atoms with Gasteiger partial charge in [0, 0.05) is 60.6 Å². The van der Waals surface area contributed by atoms with Gasteiger partial charge < -0.3 is 26.6 Å². The molecule has 4 aliphatic rings. The summed E-state index contributed by atoms with van der Waals surface area (Å²) < 4.78 is 0. The molecule has 322 valence electrons. The van der Waals surface area contributed by atoms with Crippen LogP contribution in [0.2, 0.25) is 0 Å². The summed E-state index contributed by atoms with van der Waals surface area (Å²) >= 11 is 0. The lowest BCUT2D eigenvalue weighted by Crippen LogP contribution is -2.52. The molecule has 56 heavy (non-hydrogen) atoms. The number of nitrogens with zero attached hydrogens (tertiary/aromatic N) is 1. The van der Waals surface area contributed by atoms with E-state index in [1.807, 2.05) is 0 Å². The highest BCUT2D eigenvalue weighted by Gasteiger charge is 2.28. The smallest absolute Gasteiger partial charge is 0.316 e. The minimum Gasteiger partial charge on any atom is -0.388 e. The number of carbonyl (C=O) groups excluding carboxylic acids is 1. The summed E-state index contributed by atoms with van der Waals surface area (Å²) in [6, 6.07) is 0.412. The third-order valence-electron chi connectivity index (χ3n) is 10.4. The van der Waals surface area contributed by atoms with Crippen molar-refractivity contribution in [2.75, 3.05) is 19.6 Å². The number of nitrogens with one attached hydrogen (secondary N) is 5. The van der Waals surface area contributed by atoms with E-state index >= 15 is 0 Å².